The van der Waals surface area contributed by atoms with E-state index in [9.17, 15) is 9.59 Å². The summed E-state index contributed by atoms with van der Waals surface area (Å²) >= 11 is 1.66. The molecule has 0 saturated carbocycles. The van der Waals surface area contributed by atoms with E-state index in [-0.39, 0.29) is 17.2 Å². The van der Waals surface area contributed by atoms with Crippen molar-refractivity contribution < 1.29 is 14.4 Å². The van der Waals surface area contributed by atoms with Crippen molar-refractivity contribution in [3.05, 3.63) is 35.4 Å². The summed E-state index contributed by atoms with van der Waals surface area (Å²) in [4.78, 5) is 32.2. The average Bonchev–Trinajstić information content (AvgIpc) is 2.94. The van der Waals surface area contributed by atoms with Crippen LogP contribution in [0.2, 0.25) is 0 Å². The highest BCUT2D eigenvalue weighted by molar-refractivity contribution is 8.00. The third-order valence-electron chi connectivity index (χ3n) is 3.88. The van der Waals surface area contributed by atoms with E-state index in [2.05, 4.69) is 19.3 Å². The van der Waals surface area contributed by atoms with Crippen LogP contribution in [0.5, 0.6) is 0 Å². The average molecular weight is 350 g/mol. The molecule has 2 atom stereocenters. The number of thioether (sulfide) groups is 1. The van der Waals surface area contributed by atoms with Crippen LogP contribution in [0, 0.1) is 12.8 Å². The summed E-state index contributed by atoms with van der Waals surface area (Å²) in [6.45, 7) is 8.42. The molecule has 5 nitrogen and oxygen atoms in total. The molecule has 1 aromatic rings. The highest BCUT2D eigenvalue weighted by Gasteiger charge is 2.42. The molecule has 0 aliphatic carbocycles. The SMILES string of the molecule is CCONC(=O)C1CSC(CC(C)C)N1C(=O)c1cccc(C)c1. The molecular formula is C18H26N2O3S. The molecule has 1 fully saturated rings. The van der Waals surface area contributed by atoms with Crippen LogP contribution < -0.4 is 5.48 Å². The maximum absolute atomic E-state index is 13.1. The van der Waals surface area contributed by atoms with Crippen molar-refractivity contribution in [3.63, 3.8) is 0 Å². The molecule has 0 aromatic heterocycles. The number of hydroxylamine groups is 1. The molecule has 0 bridgehead atoms. The van der Waals surface area contributed by atoms with Crippen molar-refractivity contribution in [3.8, 4) is 0 Å². The standard InChI is InChI=1S/C18H26N2O3S/c1-5-23-19-17(21)15-11-24-16(9-12(2)3)20(15)18(22)14-8-6-7-13(4)10-14/h6-8,10,12,15-16H,5,9,11H2,1-4H3,(H,19,21). The van der Waals surface area contributed by atoms with E-state index in [0.29, 0.717) is 23.8 Å². The van der Waals surface area contributed by atoms with Crippen LogP contribution in [0.25, 0.3) is 0 Å². The van der Waals surface area contributed by atoms with Crippen LogP contribution in [0.4, 0.5) is 0 Å². The molecule has 24 heavy (non-hydrogen) atoms. The van der Waals surface area contributed by atoms with Gasteiger partial charge >= 0.3 is 0 Å². The second kappa shape index (κ2) is 8.53. The molecule has 1 aromatic carbocycles. The number of nitrogens with one attached hydrogen (secondary N) is 1. The van der Waals surface area contributed by atoms with E-state index < -0.39 is 6.04 Å². The maximum atomic E-state index is 13.1. The molecule has 1 saturated heterocycles. The van der Waals surface area contributed by atoms with E-state index >= 15 is 0 Å². The molecule has 132 valence electrons. The van der Waals surface area contributed by atoms with Gasteiger partial charge in [0.05, 0.1) is 12.0 Å². The van der Waals surface area contributed by atoms with Crippen molar-refractivity contribution in [1.29, 1.82) is 0 Å². The molecule has 1 N–H and O–H groups in total. The molecule has 2 amide bonds. The minimum Gasteiger partial charge on any atom is -0.314 e. The van der Waals surface area contributed by atoms with Crippen LogP contribution in [0.1, 0.15) is 43.1 Å². The van der Waals surface area contributed by atoms with Gasteiger partial charge in [-0.1, -0.05) is 31.5 Å². The number of amides is 2. The van der Waals surface area contributed by atoms with E-state index in [1.54, 1.807) is 23.6 Å². The number of hydrogen-bond donors (Lipinski definition) is 1. The first-order chi connectivity index (χ1) is 11.4. The van der Waals surface area contributed by atoms with Crippen LogP contribution in [-0.2, 0) is 9.63 Å². The van der Waals surface area contributed by atoms with Gasteiger partial charge in [0, 0.05) is 11.3 Å². The molecule has 6 heteroatoms. The minimum absolute atomic E-state index is 0.00962. The summed E-state index contributed by atoms with van der Waals surface area (Å²) in [6.07, 6.45) is 0.862. The first-order valence-corrected chi connectivity index (χ1v) is 9.41. The Kier molecular flexibility index (Phi) is 6.69. The third-order valence-corrected chi connectivity index (χ3v) is 5.20. The van der Waals surface area contributed by atoms with Gasteiger partial charge in [0.25, 0.3) is 11.8 Å². The van der Waals surface area contributed by atoms with Gasteiger partial charge in [0.2, 0.25) is 0 Å². The third kappa shape index (κ3) is 4.51. The molecule has 1 aliphatic rings. The first kappa shape index (κ1) is 18.8. The van der Waals surface area contributed by atoms with Crippen LogP contribution in [-0.4, -0.2) is 40.5 Å². The lowest BCUT2D eigenvalue weighted by Gasteiger charge is -2.29. The number of rotatable bonds is 6. The summed E-state index contributed by atoms with van der Waals surface area (Å²) in [5.41, 5.74) is 4.11. The van der Waals surface area contributed by atoms with Gasteiger partial charge in [-0.3, -0.25) is 14.4 Å². The predicted molar refractivity (Wildman–Crippen MR) is 96.6 cm³/mol. The summed E-state index contributed by atoms with van der Waals surface area (Å²) in [6, 6.07) is 7.01. The van der Waals surface area contributed by atoms with Crippen LogP contribution in [0.15, 0.2) is 24.3 Å². The molecule has 1 heterocycles. The highest BCUT2D eigenvalue weighted by Crippen LogP contribution is 2.34. The molecule has 0 spiro atoms. The van der Waals surface area contributed by atoms with Crippen LogP contribution in [0.3, 0.4) is 0 Å². The highest BCUT2D eigenvalue weighted by atomic mass is 32.2. The van der Waals surface area contributed by atoms with Crippen molar-refractivity contribution in [2.24, 2.45) is 5.92 Å². The van der Waals surface area contributed by atoms with Gasteiger partial charge in [-0.2, -0.15) is 0 Å². The van der Waals surface area contributed by atoms with Crippen LogP contribution >= 0.6 is 11.8 Å². The second-order valence-electron chi connectivity index (χ2n) is 6.41. The van der Waals surface area contributed by atoms with Gasteiger partial charge in [0.15, 0.2) is 0 Å². The van der Waals surface area contributed by atoms with Crippen molar-refractivity contribution in [2.75, 3.05) is 12.4 Å². The zero-order chi connectivity index (χ0) is 17.7. The smallest absolute Gasteiger partial charge is 0.267 e. The zero-order valence-corrected chi connectivity index (χ0v) is 15.6. The first-order valence-electron chi connectivity index (χ1n) is 8.36. The number of aryl methyl sites for hydroxylation is 1. The van der Waals surface area contributed by atoms with Gasteiger partial charge in [-0.25, -0.2) is 5.48 Å². The lowest BCUT2D eigenvalue weighted by atomic mass is 10.1. The topological polar surface area (TPSA) is 58.6 Å². The van der Waals surface area contributed by atoms with E-state index in [4.69, 9.17) is 4.84 Å². The summed E-state index contributed by atoms with van der Waals surface area (Å²) in [5, 5.41) is 0.00962. The number of carbonyl (C=O) groups is 2. The molecule has 2 unspecified atom stereocenters. The number of benzene rings is 1. The van der Waals surface area contributed by atoms with Gasteiger partial charge in [-0.15, -0.1) is 11.8 Å². The summed E-state index contributed by atoms with van der Waals surface area (Å²) < 4.78 is 0. The Morgan fingerprint density at radius 2 is 2.17 bits per heavy atom. The quantitative estimate of drug-likeness (QED) is 0.801. The molecular weight excluding hydrogens is 324 g/mol. The Morgan fingerprint density at radius 1 is 1.42 bits per heavy atom. The maximum Gasteiger partial charge on any atom is 0.267 e. The Bertz CT molecular complexity index is 591. The Morgan fingerprint density at radius 3 is 2.79 bits per heavy atom. The normalized spacial score (nSPS) is 20.5. The van der Waals surface area contributed by atoms with E-state index in [1.807, 2.05) is 31.2 Å². The molecule has 1 aliphatic heterocycles. The molecule has 2 rings (SSSR count). The number of nitrogens with zero attached hydrogens (tertiary/aromatic N) is 1. The van der Waals surface area contributed by atoms with Gasteiger partial charge in [-0.05, 0) is 38.3 Å². The summed E-state index contributed by atoms with van der Waals surface area (Å²) in [5.74, 6) is 0.694. The lowest BCUT2D eigenvalue weighted by Crippen LogP contribution is -2.50. The van der Waals surface area contributed by atoms with E-state index in [0.717, 1.165) is 12.0 Å². The van der Waals surface area contributed by atoms with Gasteiger partial charge < -0.3 is 4.90 Å². The monoisotopic (exact) mass is 350 g/mol. The number of carbonyl (C=O) groups excluding carboxylic acids is 2. The predicted octanol–water partition coefficient (Wildman–Crippen LogP) is 2.99. The zero-order valence-electron chi connectivity index (χ0n) is 14.7. The Labute approximate surface area is 148 Å². The van der Waals surface area contributed by atoms with E-state index in [1.165, 1.54) is 0 Å². The van der Waals surface area contributed by atoms with Crippen molar-refractivity contribution in [2.45, 2.75) is 45.5 Å². The fraction of sp³-hybridized carbons (Fsp3) is 0.556. The van der Waals surface area contributed by atoms with Crippen molar-refractivity contribution >= 4 is 23.6 Å². The fourth-order valence-corrected chi connectivity index (χ4v) is 4.40. The number of hydrogen-bond acceptors (Lipinski definition) is 4. The fourth-order valence-electron chi connectivity index (χ4n) is 2.76. The Hall–Kier alpha value is -1.53. The second-order valence-corrected chi connectivity index (χ2v) is 7.63. The lowest BCUT2D eigenvalue weighted by molar-refractivity contribution is -0.137. The molecule has 0 radical (unpaired) electrons. The minimum atomic E-state index is -0.502. The Balaban J connectivity index is 2.25. The van der Waals surface area contributed by atoms with Crippen molar-refractivity contribution in [1.82, 2.24) is 10.4 Å². The summed E-state index contributed by atoms with van der Waals surface area (Å²) in [7, 11) is 0. The largest absolute Gasteiger partial charge is 0.314 e. The van der Waals surface area contributed by atoms with Gasteiger partial charge in [0.1, 0.15) is 6.04 Å².